The van der Waals surface area contributed by atoms with Crippen molar-refractivity contribution in [2.24, 2.45) is 0 Å². The molecule has 4 nitrogen and oxygen atoms in total. The smallest absolute Gasteiger partial charge is 0.340 e. The molecule has 1 aliphatic heterocycles. The van der Waals surface area contributed by atoms with Crippen LogP contribution in [0.15, 0.2) is 36.4 Å². The number of methoxy groups -OCH3 is 1. The highest BCUT2D eigenvalue weighted by atomic mass is 32.1. The number of carbonyl (C=O) groups excluding carboxylic acids is 1. The second-order valence-corrected chi connectivity index (χ2v) is 5.97. The van der Waals surface area contributed by atoms with Gasteiger partial charge >= 0.3 is 5.97 Å². The van der Waals surface area contributed by atoms with Crippen LogP contribution in [0.1, 0.15) is 16.8 Å². The van der Waals surface area contributed by atoms with Gasteiger partial charge in [0.25, 0.3) is 0 Å². The molecule has 1 atom stereocenters. The van der Waals surface area contributed by atoms with Gasteiger partial charge in [-0.25, -0.2) is 4.79 Å². The molecule has 21 heavy (non-hydrogen) atoms. The van der Waals surface area contributed by atoms with Gasteiger partial charge in [-0.2, -0.15) is 0 Å². The number of thiophene rings is 1. The molecule has 0 saturated carbocycles. The average Bonchev–Trinajstić information content (AvgIpc) is 3.18. The van der Waals surface area contributed by atoms with Crippen LogP contribution in [-0.4, -0.2) is 32.3 Å². The van der Waals surface area contributed by atoms with E-state index in [0.717, 1.165) is 28.5 Å². The fourth-order valence-electron chi connectivity index (χ4n) is 2.34. The van der Waals surface area contributed by atoms with Gasteiger partial charge in [-0.05, 0) is 18.1 Å². The minimum absolute atomic E-state index is 0.260. The summed E-state index contributed by atoms with van der Waals surface area (Å²) in [5.74, 6) is -0.310. The van der Waals surface area contributed by atoms with Gasteiger partial charge in [-0.3, -0.25) is 0 Å². The van der Waals surface area contributed by atoms with E-state index in [2.05, 4.69) is 5.32 Å². The Labute approximate surface area is 127 Å². The minimum atomic E-state index is -0.310. The molecule has 1 saturated heterocycles. The van der Waals surface area contributed by atoms with Crippen molar-refractivity contribution >= 4 is 22.3 Å². The molecule has 2 aromatic rings. The first kappa shape index (κ1) is 14.1. The second kappa shape index (κ2) is 6.28. The molecule has 5 heteroatoms. The van der Waals surface area contributed by atoms with Crippen LogP contribution in [-0.2, 0) is 9.47 Å². The van der Waals surface area contributed by atoms with Gasteiger partial charge < -0.3 is 14.8 Å². The maximum Gasteiger partial charge on any atom is 0.340 e. The lowest BCUT2D eigenvalue weighted by atomic mass is 10.1. The van der Waals surface area contributed by atoms with E-state index in [4.69, 9.17) is 9.47 Å². The highest BCUT2D eigenvalue weighted by molar-refractivity contribution is 7.19. The molecule has 0 bridgehead atoms. The molecule has 0 aliphatic carbocycles. The molecule has 0 radical (unpaired) electrons. The van der Waals surface area contributed by atoms with E-state index in [1.807, 2.05) is 36.4 Å². The summed E-state index contributed by atoms with van der Waals surface area (Å²) in [6, 6.07) is 12.2. The zero-order valence-electron chi connectivity index (χ0n) is 11.8. The van der Waals surface area contributed by atoms with Crippen molar-refractivity contribution < 1.29 is 14.3 Å². The number of ether oxygens (including phenoxy) is 2. The largest absolute Gasteiger partial charge is 0.465 e. The maximum absolute atomic E-state index is 12.0. The molecule has 1 N–H and O–H groups in total. The quantitative estimate of drug-likeness (QED) is 0.879. The van der Waals surface area contributed by atoms with Crippen LogP contribution in [0.25, 0.3) is 10.4 Å². The highest BCUT2D eigenvalue weighted by Gasteiger charge is 2.22. The normalized spacial score (nSPS) is 17.7. The summed E-state index contributed by atoms with van der Waals surface area (Å²) >= 11 is 1.58. The van der Waals surface area contributed by atoms with Crippen LogP contribution in [0.2, 0.25) is 0 Å². The number of carbonyl (C=O) groups is 1. The number of nitrogens with one attached hydrogen (secondary N) is 1. The molecule has 0 amide bonds. The number of hydrogen-bond donors (Lipinski definition) is 1. The van der Waals surface area contributed by atoms with Crippen molar-refractivity contribution in [3.8, 4) is 10.4 Å². The van der Waals surface area contributed by atoms with Crippen molar-refractivity contribution in [2.45, 2.75) is 12.5 Å². The van der Waals surface area contributed by atoms with Gasteiger partial charge in [-0.15, -0.1) is 11.3 Å². The van der Waals surface area contributed by atoms with Gasteiger partial charge in [0.2, 0.25) is 0 Å². The van der Waals surface area contributed by atoms with E-state index in [1.165, 1.54) is 7.11 Å². The Morgan fingerprint density at radius 1 is 1.38 bits per heavy atom. The Kier molecular flexibility index (Phi) is 4.22. The first-order valence-electron chi connectivity index (χ1n) is 6.90. The third kappa shape index (κ3) is 3.09. The number of rotatable bonds is 4. The van der Waals surface area contributed by atoms with E-state index in [1.54, 1.807) is 11.3 Å². The zero-order chi connectivity index (χ0) is 14.7. The topological polar surface area (TPSA) is 47.6 Å². The first-order chi connectivity index (χ1) is 10.3. The molecular weight excluding hydrogens is 286 g/mol. The summed E-state index contributed by atoms with van der Waals surface area (Å²) in [5, 5.41) is 4.27. The maximum atomic E-state index is 12.0. The van der Waals surface area contributed by atoms with E-state index in [0.29, 0.717) is 12.2 Å². The van der Waals surface area contributed by atoms with Crippen LogP contribution in [0.3, 0.4) is 0 Å². The SMILES string of the molecule is COC(=O)c1cc(-c2ccccc2)sc1NC1CCOC1. The molecular formula is C16H17NO3S. The van der Waals surface area contributed by atoms with Crippen molar-refractivity contribution in [1.82, 2.24) is 0 Å². The van der Waals surface area contributed by atoms with E-state index in [9.17, 15) is 4.79 Å². The molecule has 1 aliphatic rings. The summed E-state index contributed by atoms with van der Waals surface area (Å²) < 4.78 is 10.3. The predicted octanol–water partition coefficient (Wildman–Crippen LogP) is 3.40. The molecule has 0 spiro atoms. The number of anilines is 1. The Balaban J connectivity index is 1.92. The van der Waals surface area contributed by atoms with Gasteiger partial charge in [0.1, 0.15) is 5.00 Å². The van der Waals surface area contributed by atoms with Crippen molar-refractivity contribution in [1.29, 1.82) is 0 Å². The van der Waals surface area contributed by atoms with Gasteiger partial charge in [0.05, 0.1) is 25.3 Å². The standard InChI is InChI=1S/C16H17NO3S/c1-19-16(18)13-9-14(11-5-3-2-4-6-11)21-15(13)17-12-7-8-20-10-12/h2-6,9,12,17H,7-8,10H2,1H3. The Morgan fingerprint density at radius 2 is 2.19 bits per heavy atom. The summed E-state index contributed by atoms with van der Waals surface area (Å²) in [6.07, 6.45) is 0.958. The van der Waals surface area contributed by atoms with Gasteiger partial charge in [0, 0.05) is 11.5 Å². The van der Waals surface area contributed by atoms with E-state index in [-0.39, 0.29) is 12.0 Å². The average molecular weight is 303 g/mol. The van der Waals surface area contributed by atoms with Gasteiger partial charge in [-0.1, -0.05) is 30.3 Å². The monoisotopic (exact) mass is 303 g/mol. The molecule has 2 heterocycles. The molecule has 1 fully saturated rings. The summed E-state index contributed by atoms with van der Waals surface area (Å²) in [4.78, 5) is 13.0. The van der Waals surface area contributed by atoms with Crippen LogP contribution >= 0.6 is 11.3 Å². The lowest BCUT2D eigenvalue weighted by Gasteiger charge is -2.11. The summed E-state index contributed by atoms with van der Waals surface area (Å²) in [6.45, 7) is 1.45. The molecule has 110 valence electrons. The zero-order valence-corrected chi connectivity index (χ0v) is 12.6. The number of hydrogen-bond acceptors (Lipinski definition) is 5. The fourth-order valence-corrected chi connectivity index (χ4v) is 3.47. The third-order valence-electron chi connectivity index (χ3n) is 3.46. The second-order valence-electron chi connectivity index (χ2n) is 4.92. The number of esters is 1. The van der Waals surface area contributed by atoms with Crippen LogP contribution < -0.4 is 5.32 Å². The van der Waals surface area contributed by atoms with Crippen LogP contribution in [0.5, 0.6) is 0 Å². The van der Waals surface area contributed by atoms with Crippen LogP contribution in [0.4, 0.5) is 5.00 Å². The minimum Gasteiger partial charge on any atom is -0.465 e. The Morgan fingerprint density at radius 3 is 2.86 bits per heavy atom. The van der Waals surface area contributed by atoms with Crippen molar-refractivity contribution in [3.63, 3.8) is 0 Å². The fraction of sp³-hybridized carbons (Fsp3) is 0.312. The lowest BCUT2D eigenvalue weighted by molar-refractivity contribution is 0.0602. The van der Waals surface area contributed by atoms with Crippen LogP contribution in [0, 0.1) is 0 Å². The summed E-state index contributed by atoms with van der Waals surface area (Å²) in [7, 11) is 1.41. The highest BCUT2D eigenvalue weighted by Crippen LogP contribution is 2.36. The Bertz CT molecular complexity index is 618. The predicted molar refractivity (Wildman–Crippen MR) is 83.9 cm³/mol. The van der Waals surface area contributed by atoms with E-state index < -0.39 is 0 Å². The number of benzene rings is 1. The lowest BCUT2D eigenvalue weighted by Crippen LogP contribution is -2.19. The Hall–Kier alpha value is -1.85. The van der Waals surface area contributed by atoms with Crippen molar-refractivity contribution in [3.05, 3.63) is 42.0 Å². The molecule has 3 rings (SSSR count). The van der Waals surface area contributed by atoms with E-state index >= 15 is 0 Å². The third-order valence-corrected chi connectivity index (χ3v) is 4.58. The van der Waals surface area contributed by atoms with Crippen molar-refractivity contribution in [2.75, 3.05) is 25.6 Å². The molecule has 1 aromatic carbocycles. The van der Waals surface area contributed by atoms with Gasteiger partial charge in [0.15, 0.2) is 0 Å². The first-order valence-corrected chi connectivity index (χ1v) is 7.71. The summed E-state index contributed by atoms with van der Waals surface area (Å²) in [5.41, 5.74) is 1.69. The molecule has 1 unspecified atom stereocenters. The molecule has 1 aromatic heterocycles.